The molecule has 0 amide bonds. The van der Waals surface area contributed by atoms with Crippen molar-refractivity contribution in [1.29, 1.82) is 0 Å². The van der Waals surface area contributed by atoms with Gasteiger partial charge in [-0.1, -0.05) is 79.8 Å². The second-order valence-corrected chi connectivity index (χ2v) is 5.55. The average Bonchev–Trinajstić information content (AvgIpc) is 2.60. The molecule has 1 atom stereocenters. The maximum Gasteiger partial charge on any atom is 0.303 e. The fraction of sp³-hybridized carbons (Fsp3) is 0.409. The molecule has 0 saturated carbocycles. The fourth-order valence-electron chi connectivity index (χ4n) is 1.80. The fourth-order valence-corrected chi connectivity index (χ4v) is 1.80. The topological polar surface area (TPSA) is 57.5 Å². The SMILES string of the molecule is CC[C@H](O)/C=C/C=C/C/C=C/C/C=C/C/C=C/C/C=C/CCC(=O)O. The van der Waals surface area contributed by atoms with Crippen molar-refractivity contribution in [3.63, 3.8) is 0 Å². The van der Waals surface area contributed by atoms with E-state index in [0.29, 0.717) is 6.42 Å². The van der Waals surface area contributed by atoms with E-state index in [1.165, 1.54) is 0 Å². The minimum atomic E-state index is -0.751. The predicted octanol–water partition coefficient (Wildman–Crippen LogP) is 5.52. The molecule has 25 heavy (non-hydrogen) atoms. The van der Waals surface area contributed by atoms with Crippen LogP contribution in [0.1, 0.15) is 51.9 Å². The number of hydrogen-bond acceptors (Lipinski definition) is 2. The highest BCUT2D eigenvalue weighted by Gasteiger charge is 1.90. The zero-order valence-electron chi connectivity index (χ0n) is 15.3. The second-order valence-electron chi connectivity index (χ2n) is 5.55. The van der Waals surface area contributed by atoms with Crippen LogP contribution in [-0.2, 0) is 4.79 Å². The lowest BCUT2D eigenvalue weighted by Gasteiger charge is -1.95. The molecule has 3 heteroatoms. The lowest BCUT2D eigenvalue weighted by atomic mass is 10.2. The van der Waals surface area contributed by atoms with Gasteiger partial charge in [0.25, 0.3) is 0 Å². The second kappa shape index (κ2) is 18.2. The van der Waals surface area contributed by atoms with Crippen molar-refractivity contribution in [2.75, 3.05) is 0 Å². The third kappa shape index (κ3) is 19.8. The van der Waals surface area contributed by atoms with Gasteiger partial charge in [0.05, 0.1) is 6.10 Å². The molecule has 0 aromatic rings. The Kier molecular flexibility index (Phi) is 16.7. The van der Waals surface area contributed by atoms with E-state index < -0.39 is 5.97 Å². The van der Waals surface area contributed by atoms with Crippen LogP contribution in [0.25, 0.3) is 0 Å². The van der Waals surface area contributed by atoms with Gasteiger partial charge in [0.15, 0.2) is 0 Å². The summed E-state index contributed by atoms with van der Waals surface area (Å²) in [4.78, 5) is 10.3. The molecule has 2 N–H and O–H groups in total. The first-order chi connectivity index (χ1) is 12.2. The summed E-state index contributed by atoms with van der Waals surface area (Å²) >= 11 is 0. The molecule has 0 bridgehead atoms. The quantitative estimate of drug-likeness (QED) is 0.322. The van der Waals surface area contributed by atoms with Gasteiger partial charge in [-0.25, -0.2) is 0 Å². The van der Waals surface area contributed by atoms with Gasteiger partial charge in [-0.3, -0.25) is 4.79 Å². The molecule has 0 aliphatic rings. The predicted molar refractivity (Wildman–Crippen MR) is 106 cm³/mol. The molecule has 0 rings (SSSR count). The highest BCUT2D eigenvalue weighted by molar-refractivity contribution is 5.66. The van der Waals surface area contributed by atoms with E-state index in [2.05, 4.69) is 42.5 Å². The van der Waals surface area contributed by atoms with Crippen molar-refractivity contribution >= 4 is 5.97 Å². The number of hydrogen-bond donors (Lipinski definition) is 2. The summed E-state index contributed by atoms with van der Waals surface area (Å²) in [7, 11) is 0. The molecule has 0 aliphatic carbocycles. The summed E-state index contributed by atoms with van der Waals surface area (Å²) in [6, 6.07) is 0. The first kappa shape index (κ1) is 22.9. The number of aliphatic hydroxyl groups is 1. The summed E-state index contributed by atoms with van der Waals surface area (Å²) in [5.41, 5.74) is 0. The van der Waals surface area contributed by atoms with Crippen molar-refractivity contribution in [1.82, 2.24) is 0 Å². The minimum absolute atomic E-state index is 0.199. The number of carbonyl (C=O) groups is 1. The van der Waals surface area contributed by atoms with Crippen LogP contribution in [0.15, 0.2) is 72.9 Å². The van der Waals surface area contributed by atoms with Crippen molar-refractivity contribution in [3.05, 3.63) is 72.9 Å². The summed E-state index contributed by atoms with van der Waals surface area (Å²) < 4.78 is 0. The Balaban J connectivity index is 3.59. The van der Waals surface area contributed by atoms with E-state index in [0.717, 1.165) is 32.1 Å². The van der Waals surface area contributed by atoms with Crippen LogP contribution >= 0.6 is 0 Å². The standard InChI is InChI=1S/C22H32O3/c1-2-21(23)19-17-15-13-11-9-7-5-3-4-6-8-10-12-14-16-18-20-22(24)25/h3-4,7-10,13-17,19,21,23H,2,5-6,11-12,18,20H2,1H3,(H,24,25)/b4-3+,9-7+,10-8+,15-13+,16-14+,19-17+/t21-/m0/s1. The van der Waals surface area contributed by atoms with Gasteiger partial charge < -0.3 is 10.2 Å². The van der Waals surface area contributed by atoms with E-state index in [-0.39, 0.29) is 12.5 Å². The zero-order valence-corrected chi connectivity index (χ0v) is 15.3. The van der Waals surface area contributed by atoms with Gasteiger partial charge in [0.1, 0.15) is 0 Å². The van der Waals surface area contributed by atoms with E-state index in [4.69, 9.17) is 5.11 Å². The molecule has 138 valence electrons. The van der Waals surface area contributed by atoms with Gasteiger partial charge in [-0.15, -0.1) is 0 Å². The monoisotopic (exact) mass is 344 g/mol. The van der Waals surface area contributed by atoms with Gasteiger partial charge in [0.2, 0.25) is 0 Å². The van der Waals surface area contributed by atoms with Crippen LogP contribution in [0.5, 0.6) is 0 Å². The largest absolute Gasteiger partial charge is 0.481 e. The molecule has 0 aromatic carbocycles. The first-order valence-electron chi connectivity index (χ1n) is 9.00. The first-order valence-corrected chi connectivity index (χ1v) is 9.00. The van der Waals surface area contributed by atoms with Crippen LogP contribution in [0.4, 0.5) is 0 Å². The zero-order chi connectivity index (χ0) is 18.6. The van der Waals surface area contributed by atoms with Gasteiger partial charge in [-0.05, 0) is 38.5 Å². The lowest BCUT2D eigenvalue weighted by Crippen LogP contribution is -1.97. The minimum Gasteiger partial charge on any atom is -0.481 e. The number of rotatable bonds is 14. The molecule has 0 spiro atoms. The average molecular weight is 344 g/mol. The molecular weight excluding hydrogens is 312 g/mol. The van der Waals surface area contributed by atoms with Crippen molar-refractivity contribution in [2.24, 2.45) is 0 Å². The molecule has 0 aliphatic heterocycles. The number of carboxylic acids is 1. The van der Waals surface area contributed by atoms with Crippen LogP contribution < -0.4 is 0 Å². The normalized spacial score (nSPS) is 14.3. The summed E-state index contributed by atoms with van der Waals surface area (Å²) in [6.45, 7) is 1.95. The maximum atomic E-state index is 10.3. The van der Waals surface area contributed by atoms with Crippen molar-refractivity contribution in [3.8, 4) is 0 Å². The Hall–Kier alpha value is -2.13. The Bertz CT molecular complexity index is 493. The number of aliphatic carboxylic acids is 1. The molecule has 0 saturated heterocycles. The molecule has 0 radical (unpaired) electrons. The Morgan fingerprint density at radius 3 is 1.76 bits per heavy atom. The third-order valence-corrected chi connectivity index (χ3v) is 3.28. The third-order valence-electron chi connectivity index (χ3n) is 3.28. The van der Waals surface area contributed by atoms with E-state index in [9.17, 15) is 9.90 Å². The van der Waals surface area contributed by atoms with Crippen LogP contribution in [0, 0.1) is 0 Å². The molecule has 0 aromatic heterocycles. The van der Waals surface area contributed by atoms with E-state index in [1.807, 2.05) is 31.2 Å². The summed E-state index contributed by atoms with van der Waals surface area (Å²) in [5.74, 6) is -0.751. The Labute approximate surface area is 152 Å². The number of aliphatic hydroxyl groups excluding tert-OH is 1. The molecule has 0 unspecified atom stereocenters. The van der Waals surface area contributed by atoms with Gasteiger partial charge in [0, 0.05) is 6.42 Å². The maximum absolute atomic E-state index is 10.3. The highest BCUT2D eigenvalue weighted by Crippen LogP contribution is 1.97. The lowest BCUT2D eigenvalue weighted by molar-refractivity contribution is -0.136. The molecule has 0 heterocycles. The smallest absolute Gasteiger partial charge is 0.303 e. The van der Waals surface area contributed by atoms with Crippen LogP contribution in [0.2, 0.25) is 0 Å². The van der Waals surface area contributed by atoms with Crippen LogP contribution in [0.3, 0.4) is 0 Å². The number of allylic oxidation sites excluding steroid dienone is 11. The highest BCUT2D eigenvalue weighted by atomic mass is 16.4. The summed E-state index contributed by atoms with van der Waals surface area (Å²) in [6.07, 6.45) is 29.2. The molecular formula is C22H32O3. The number of carboxylic acid groups (broad SMARTS) is 1. The van der Waals surface area contributed by atoms with Gasteiger partial charge >= 0.3 is 5.97 Å². The van der Waals surface area contributed by atoms with E-state index in [1.54, 1.807) is 6.08 Å². The van der Waals surface area contributed by atoms with Crippen molar-refractivity contribution in [2.45, 2.75) is 58.0 Å². The Morgan fingerprint density at radius 1 is 0.800 bits per heavy atom. The van der Waals surface area contributed by atoms with Crippen LogP contribution in [-0.4, -0.2) is 22.3 Å². The van der Waals surface area contributed by atoms with E-state index >= 15 is 0 Å². The summed E-state index contributed by atoms with van der Waals surface area (Å²) in [5, 5.41) is 17.8. The Morgan fingerprint density at radius 2 is 1.28 bits per heavy atom. The van der Waals surface area contributed by atoms with Crippen molar-refractivity contribution < 1.29 is 15.0 Å². The molecule has 0 fully saturated rings. The van der Waals surface area contributed by atoms with Gasteiger partial charge in [-0.2, -0.15) is 0 Å². The molecule has 3 nitrogen and oxygen atoms in total.